The van der Waals surface area contributed by atoms with Gasteiger partial charge in [0.1, 0.15) is 11.7 Å². The van der Waals surface area contributed by atoms with Crippen LogP contribution in [-0.2, 0) is 4.74 Å². The fraction of sp³-hybridized carbons (Fsp3) is 0.471. The Kier molecular flexibility index (Phi) is 6.11. The second-order valence-corrected chi connectivity index (χ2v) is 6.20. The molecule has 1 N–H and O–H groups in total. The van der Waals surface area contributed by atoms with Crippen LogP contribution in [0.2, 0.25) is 0 Å². The second kappa shape index (κ2) is 7.60. The molecule has 0 radical (unpaired) electrons. The standard InChI is InChI=1S/C17H23N3O2/c1-12(20-16(21)22-17(3,4)5)7-6-8-14-10-19-11-15(9-18)13(14)2/h6,8,10-12H,7H2,1-5H3,(H,20,21)/b8-6+/t12-/m0/s1. The van der Waals surface area contributed by atoms with Gasteiger partial charge in [0.05, 0.1) is 5.56 Å². The van der Waals surface area contributed by atoms with E-state index in [1.807, 2.05) is 46.8 Å². The molecule has 0 saturated carbocycles. The van der Waals surface area contributed by atoms with E-state index in [2.05, 4.69) is 16.4 Å². The molecule has 5 nitrogen and oxygen atoms in total. The van der Waals surface area contributed by atoms with Crippen molar-refractivity contribution in [3.8, 4) is 6.07 Å². The lowest BCUT2D eigenvalue weighted by Gasteiger charge is -2.21. The van der Waals surface area contributed by atoms with E-state index in [-0.39, 0.29) is 6.04 Å². The molecule has 0 aromatic carbocycles. The van der Waals surface area contributed by atoms with Crippen molar-refractivity contribution in [1.82, 2.24) is 10.3 Å². The number of aromatic nitrogens is 1. The first-order valence-corrected chi connectivity index (χ1v) is 7.23. The zero-order valence-electron chi connectivity index (χ0n) is 13.8. The molecule has 1 atom stereocenters. The van der Waals surface area contributed by atoms with Gasteiger partial charge >= 0.3 is 6.09 Å². The molecule has 0 spiro atoms. The number of ether oxygens (including phenoxy) is 1. The fourth-order valence-corrected chi connectivity index (χ4v) is 1.79. The first-order chi connectivity index (χ1) is 10.2. The van der Waals surface area contributed by atoms with Gasteiger partial charge in [0.2, 0.25) is 0 Å². The molecule has 1 heterocycles. The molecule has 0 bridgehead atoms. The Hall–Kier alpha value is -2.35. The van der Waals surface area contributed by atoms with Crippen molar-refractivity contribution in [2.75, 3.05) is 0 Å². The molecule has 0 saturated heterocycles. The minimum absolute atomic E-state index is 0.0430. The van der Waals surface area contributed by atoms with Gasteiger partial charge in [-0.25, -0.2) is 4.79 Å². The Bertz CT molecular complexity index is 595. The fourth-order valence-electron chi connectivity index (χ4n) is 1.79. The third-order valence-corrected chi connectivity index (χ3v) is 2.92. The summed E-state index contributed by atoms with van der Waals surface area (Å²) in [6.45, 7) is 9.28. The van der Waals surface area contributed by atoms with Gasteiger partial charge in [0.25, 0.3) is 0 Å². The molecular formula is C17H23N3O2. The third-order valence-electron chi connectivity index (χ3n) is 2.92. The monoisotopic (exact) mass is 301 g/mol. The number of hydrogen-bond acceptors (Lipinski definition) is 4. The van der Waals surface area contributed by atoms with Gasteiger partial charge in [0, 0.05) is 18.4 Å². The van der Waals surface area contributed by atoms with E-state index < -0.39 is 11.7 Å². The maximum Gasteiger partial charge on any atom is 0.407 e. The van der Waals surface area contributed by atoms with Gasteiger partial charge in [0.15, 0.2) is 0 Å². The second-order valence-electron chi connectivity index (χ2n) is 6.20. The summed E-state index contributed by atoms with van der Waals surface area (Å²) in [6.07, 6.45) is 7.38. The van der Waals surface area contributed by atoms with Crippen LogP contribution in [0.5, 0.6) is 0 Å². The van der Waals surface area contributed by atoms with E-state index in [9.17, 15) is 4.79 Å². The summed E-state index contributed by atoms with van der Waals surface area (Å²) < 4.78 is 5.20. The lowest BCUT2D eigenvalue weighted by Crippen LogP contribution is -2.37. The zero-order chi connectivity index (χ0) is 16.8. The number of nitriles is 1. The number of nitrogens with one attached hydrogen (secondary N) is 1. The number of hydrogen-bond donors (Lipinski definition) is 1. The molecule has 0 aliphatic carbocycles. The number of nitrogens with zero attached hydrogens (tertiary/aromatic N) is 2. The zero-order valence-corrected chi connectivity index (χ0v) is 13.8. The van der Waals surface area contributed by atoms with Crippen molar-refractivity contribution in [3.63, 3.8) is 0 Å². The smallest absolute Gasteiger partial charge is 0.407 e. The van der Waals surface area contributed by atoms with Crippen molar-refractivity contribution in [1.29, 1.82) is 5.26 Å². The van der Waals surface area contributed by atoms with E-state index >= 15 is 0 Å². The summed E-state index contributed by atoms with van der Waals surface area (Å²) in [5, 5.41) is 11.8. The van der Waals surface area contributed by atoms with E-state index in [0.717, 1.165) is 11.1 Å². The summed E-state index contributed by atoms with van der Waals surface area (Å²) >= 11 is 0. The molecule has 0 aliphatic heterocycles. The molecule has 1 aromatic rings. The highest BCUT2D eigenvalue weighted by atomic mass is 16.6. The van der Waals surface area contributed by atoms with E-state index in [4.69, 9.17) is 10.00 Å². The van der Waals surface area contributed by atoms with Crippen LogP contribution in [0.4, 0.5) is 4.79 Å². The van der Waals surface area contributed by atoms with Crippen molar-refractivity contribution >= 4 is 12.2 Å². The minimum Gasteiger partial charge on any atom is -0.444 e. The van der Waals surface area contributed by atoms with Crippen LogP contribution >= 0.6 is 0 Å². The lowest BCUT2D eigenvalue weighted by atomic mass is 10.1. The molecule has 118 valence electrons. The highest BCUT2D eigenvalue weighted by molar-refractivity contribution is 5.68. The van der Waals surface area contributed by atoms with Gasteiger partial charge in [-0.15, -0.1) is 0 Å². The molecule has 5 heteroatoms. The highest BCUT2D eigenvalue weighted by Crippen LogP contribution is 2.13. The Labute approximate surface area is 132 Å². The van der Waals surface area contributed by atoms with Crippen LogP contribution in [0.1, 0.15) is 50.8 Å². The first-order valence-electron chi connectivity index (χ1n) is 7.23. The van der Waals surface area contributed by atoms with Crippen molar-refractivity contribution in [2.24, 2.45) is 0 Å². The quantitative estimate of drug-likeness (QED) is 0.922. The maximum absolute atomic E-state index is 11.6. The van der Waals surface area contributed by atoms with Crippen LogP contribution in [0.25, 0.3) is 6.08 Å². The summed E-state index contributed by atoms with van der Waals surface area (Å²) in [6, 6.07) is 2.07. The number of rotatable bonds is 4. The van der Waals surface area contributed by atoms with Crippen LogP contribution in [0.3, 0.4) is 0 Å². The number of amides is 1. The van der Waals surface area contributed by atoms with Crippen molar-refractivity contribution in [2.45, 2.75) is 52.7 Å². The van der Waals surface area contributed by atoms with Crippen molar-refractivity contribution in [3.05, 3.63) is 35.2 Å². The van der Waals surface area contributed by atoms with Gasteiger partial charge in [-0.05, 0) is 52.2 Å². The van der Waals surface area contributed by atoms with E-state index in [1.165, 1.54) is 0 Å². The molecule has 1 aromatic heterocycles. The Balaban J connectivity index is 2.56. The van der Waals surface area contributed by atoms with Crippen LogP contribution < -0.4 is 5.32 Å². The average molecular weight is 301 g/mol. The number of carbonyl (C=O) groups is 1. The Morgan fingerprint density at radius 1 is 1.50 bits per heavy atom. The van der Waals surface area contributed by atoms with Crippen LogP contribution in [0.15, 0.2) is 18.5 Å². The van der Waals surface area contributed by atoms with Gasteiger partial charge in [-0.2, -0.15) is 5.26 Å². The average Bonchev–Trinajstić information content (AvgIpc) is 2.38. The maximum atomic E-state index is 11.6. The normalized spacial score (nSPS) is 12.7. The topological polar surface area (TPSA) is 75.0 Å². The number of alkyl carbamates (subject to hydrolysis) is 1. The largest absolute Gasteiger partial charge is 0.444 e. The summed E-state index contributed by atoms with van der Waals surface area (Å²) in [7, 11) is 0. The molecule has 1 rings (SSSR count). The number of pyridine rings is 1. The van der Waals surface area contributed by atoms with Crippen LogP contribution in [0, 0.1) is 18.3 Å². The molecule has 0 unspecified atom stereocenters. The highest BCUT2D eigenvalue weighted by Gasteiger charge is 2.17. The van der Waals surface area contributed by atoms with Gasteiger partial charge in [-0.3, -0.25) is 4.98 Å². The minimum atomic E-state index is -0.500. The lowest BCUT2D eigenvalue weighted by molar-refractivity contribution is 0.0509. The summed E-state index contributed by atoms with van der Waals surface area (Å²) in [5.74, 6) is 0. The summed E-state index contributed by atoms with van der Waals surface area (Å²) in [4.78, 5) is 15.7. The predicted octanol–water partition coefficient (Wildman–Crippen LogP) is 3.58. The predicted molar refractivity (Wildman–Crippen MR) is 86.2 cm³/mol. The Morgan fingerprint density at radius 2 is 2.18 bits per heavy atom. The van der Waals surface area contributed by atoms with E-state index in [1.54, 1.807) is 12.4 Å². The number of carbonyl (C=O) groups excluding carboxylic acids is 1. The van der Waals surface area contributed by atoms with Gasteiger partial charge in [-0.1, -0.05) is 12.2 Å². The summed E-state index contributed by atoms with van der Waals surface area (Å²) in [5.41, 5.74) is 1.88. The molecule has 0 fully saturated rings. The van der Waals surface area contributed by atoms with Crippen molar-refractivity contribution < 1.29 is 9.53 Å². The molecular weight excluding hydrogens is 278 g/mol. The van der Waals surface area contributed by atoms with E-state index in [0.29, 0.717) is 12.0 Å². The SMILES string of the molecule is Cc1c(C#N)cncc1/C=C/C[C@H](C)NC(=O)OC(C)(C)C. The third kappa shape index (κ3) is 5.96. The first kappa shape index (κ1) is 17.7. The molecule has 22 heavy (non-hydrogen) atoms. The molecule has 0 aliphatic rings. The van der Waals surface area contributed by atoms with Gasteiger partial charge < -0.3 is 10.1 Å². The Morgan fingerprint density at radius 3 is 2.77 bits per heavy atom. The van der Waals surface area contributed by atoms with Crippen LogP contribution in [-0.4, -0.2) is 22.7 Å². The molecule has 1 amide bonds.